The highest BCUT2D eigenvalue weighted by Gasteiger charge is 2.44. The van der Waals surface area contributed by atoms with Crippen LogP contribution in [0.4, 0.5) is 8.78 Å². The molecule has 2 aromatic rings. The van der Waals surface area contributed by atoms with E-state index in [-0.39, 0.29) is 35.2 Å². The minimum Gasteiger partial charge on any atom is -0.488 e. The van der Waals surface area contributed by atoms with E-state index < -0.39 is 12.7 Å². The summed E-state index contributed by atoms with van der Waals surface area (Å²) in [5.74, 6) is 0.555. The summed E-state index contributed by atoms with van der Waals surface area (Å²) in [5.41, 5.74) is 0.263. The molecule has 4 rings (SSSR count). The molecule has 1 aliphatic heterocycles. The van der Waals surface area contributed by atoms with Gasteiger partial charge < -0.3 is 14.7 Å². The summed E-state index contributed by atoms with van der Waals surface area (Å²) in [7, 11) is 0. The normalized spacial score (nSPS) is 26.6. The Labute approximate surface area is 172 Å². The lowest BCUT2D eigenvalue weighted by atomic mass is 9.78. The molecule has 0 bridgehead atoms. The van der Waals surface area contributed by atoms with Gasteiger partial charge in [0.2, 0.25) is 0 Å². The van der Waals surface area contributed by atoms with E-state index in [9.17, 15) is 18.7 Å². The largest absolute Gasteiger partial charge is 0.488 e. The third kappa shape index (κ3) is 4.09. The zero-order valence-corrected chi connectivity index (χ0v) is 16.6. The maximum absolute atomic E-state index is 12.9. The molecule has 1 N–H and O–H groups in total. The molecule has 29 heavy (non-hydrogen) atoms. The van der Waals surface area contributed by atoms with Crippen LogP contribution in [0.2, 0.25) is 5.02 Å². The number of fused-ring (bicyclic) bond motifs is 1. The number of halogens is 3. The Hall–Kier alpha value is -2.19. The number of carbonyl (C=O) groups is 1. The van der Waals surface area contributed by atoms with Crippen LogP contribution in [0.5, 0.6) is 5.75 Å². The maximum Gasteiger partial charge on any atom is 0.333 e. The van der Waals surface area contributed by atoms with E-state index in [2.05, 4.69) is 5.10 Å². The monoisotopic (exact) mass is 425 g/mol. The van der Waals surface area contributed by atoms with Gasteiger partial charge in [-0.25, -0.2) is 4.68 Å². The second kappa shape index (κ2) is 7.91. The van der Waals surface area contributed by atoms with Crippen molar-refractivity contribution in [1.82, 2.24) is 14.7 Å². The summed E-state index contributed by atoms with van der Waals surface area (Å²) in [6.45, 7) is -0.317. The van der Waals surface area contributed by atoms with Gasteiger partial charge in [-0.2, -0.15) is 13.9 Å². The van der Waals surface area contributed by atoms with Gasteiger partial charge in [0.25, 0.3) is 5.91 Å². The summed E-state index contributed by atoms with van der Waals surface area (Å²) in [6, 6.07) is 8.41. The lowest BCUT2D eigenvalue weighted by Gasteiger charge is -2.35. The van der Waals surface area contributed by atoms with Crippen LogP contribution in [-0.2, 0) is 0 Å². The highest BCUT2D eigenvalue weighted by molar-refractivity contribution is 6.30. The van der Waals surface area contributed by atoms with Gasteiger partial charge in [-0.3, -0.25) is 4.79 Å². The highest BCUT2D eigenvalue weighted by atomic mass is 35.5. The molecule has 1 saturated carbocycles. The van der Waals surface area contributed by atoms with Crippen LogP contribution >= 0.6 is 11.6 Å². The van der Waals surface area contributed by atoms with Crippen LogP contribution in [-0.4, -0.2) is 51.0 Å². The SMILES string of the molecule is Cc1cc(C(=O)N2C[C@H]3C[C@@H](Oc4cccc(Cl)c4)[C@H](O)C[C@H]3C2)nn1C(F)F. The second-order valence-electron chi connectivity index (χ2n) is 7.78. The molecule has 1 aromatic heterocycles. The van der Waals surface area contributed by atoms with E-state index in [0.717, 1.165) is 0 Å². The fourth-order valence-electron chi connectivity index (χ4n) is 4.35. The molecule has 9 heteroatoms. The number of amides is 1. The van der Waals surface area contributed by atoms with Crippen LogP contribution in [0, 0.1) is 18.8 Å². The number of hydrogen-bond donors (Lipinski definition) is 1. The molecule has 1 aromatic carbocycles. The van der Waals surface area contributed by atoms with Crippen molar-refractivity contribution in [2.24, 2.45) is 11.8 Å². The zero-order valence-electron chi connectivity index (χ0n) is 15.8. The Kier molecular flexibility index (Phi) is 5.48. The number of aryl methyl sites for hydroxylation is 1. The summed E-state index contributed by atoms with van der Waals surface area (Å²) >= 11 is 5.99. The Balaban J connectivity index is 1.43. The number of aliphatic hydroxyl groups is 1. The average molecular weight is 426 g/mol. The van der Waals surface area contributed by atoms with Crippen molar-refractivity contribution in [1.29, 1.82) is 0 Å². The van der Waals surface area contributed by atoms with Gasteiger partial charge in [0, 0.05) is 23.8 Å². The first-order chi connectivity index (χ1) is 13.8. The summed E-state index contributed by atoms with van der Waals surface area (Å²) < 4.78 is 32.4. The van der Waals surface area contributed by atoms with Crippen molar-refractivity contribution < 1.29 is 23.4 Å². The second-order valence-corrected chi connectivity index (χ2v) is 8.21. The molecule has 2 aliphatic rings. The summed E-state index contributed by atoms with van der Waals surface area (Å²) in [5, 5.41) is 14.8. The Morgan fingerprint density at radius 2 is 2.00 bits per heavy atom. The standard InChI is InChI=1S/C20H22ClF2N3O3/c1-11-5-16(24-26(11)20(22)23)19(28)25-9-12-6-17(27)18(7-13(12)10-25)29-15-4-2-3-14(21)8-15/h2-5,8,12-13,17-18,20,27H,6-7,9-10H2,1H3/t12-,13+,17+,18+/m0/s1. The molecule has 1 amide bonds. The van der Waals surface area contributed by atoms with E-state index in [4.69, 9.17) is 16.3 Å². The van der Waals surface area contributed by atoms with Crippen molar-refractivity contribution in [3.63, 3.8) is 0 Å². The first-order valence-electron chi connectivity index (χ1n) is 9.55. The smallest absolute Gasteiger partial charge is 0.333 e. The maximum atomic E-state index is 12.9. The van der Waals surface area contributed by atoms with Crippen LogP contribution in [0.3, 0.4) is 0 Å². The molecule has 1 aliphatic carbocycles. The van der Waals surface area contributed by atoms with Gasteiger partial charge >= 0.3 is 6.55 Å². The van der Waals surface area contributed by atoms with E-state index >= 15 is 0 Å². The van der Waals surface area contributed by atoms with Gasteiger partial charge in [-0.05, 0) is 55.9 Å². The van der Waals surface area contributed by atoms with Crippen molar-refractivity contribution in [2.75, 3.05) is 13.1 Å². The molecule has 6 nitrogen and oxygen atoms in total. The summed E-state index contributed by atoms with van der Waals surface area (Å²) in [6.07, 6.45) is 0.0900. The number of aromatic nitrogens is 2. The predicted octanol–water partition coefficient (Wildman–Crippen LogP) is 3.53. The Morgan fingerprint density at radius 1 is 1.28 bits per heavy atom. The first kappa shape index (κ1) is 20.1. The minimum atomic E-state index is -2.78. The van der Waals surface area contributed by atoms with Crippen molar-refractivity contribution in [3.05, 3.63) is 46.7 Å². The molecule has 156 valence electrons. The number of carbonyl (C=O) groups excluding carboxylic acids is 1. The molecular formula is C20H22ClF2N3O3. The molecule has 4 atom stereocenters. The molecule has 0 spiro atoms. The number of ether oxygens (including phenoxy) is 1. The highest BCUT2D eigenvalue weighted by Crippen LogP contribution is 2.38. The van der Waals surface area contributed by atoms with Gasteiger partial charge in [0.05, 0.1) is 6.10 Å². The predicted molar refractivity (Wildman–Crippen MR) is 102 cm³/mol. The van der Waals surface area contributed by atoms with Crippen LogP contribution in [0.1, 0.15) is 35.6 Å². The number of likely N-dealkylation sites (tertiary alicyclic amines) is 1. The molecule has 0 radical (unpaired) electrons. The number of alkyl halides is 2. The van der Waals surface area contributed by atoms with Crippen LogP contribution < -0.4 is 4.74 Å². The number of rotatable bonds is 4. The number of aliphatic hydroxyl groups excluding tert-OH is 1. The number of hydrogen-bond acceptors (Lipinski definition) is 4. The zero-order chi connectivity index (χ0) is 20.7. The van der Waals surface area contributed by atoms with E-state index in [1.54, 1.807) is 29.2 Å². The van der Waals surface area contributed by atoms with Crippen LogP contribution in [0.15, 0.2) is 30.3 Å². The lowest BCUT2D eigenvalue weighted by Crippen LogP contribution is -2.42. The topological polar surface area (TPSA) is 67.6 Å². The average Bonchev–Trinajstić information content (AvgIpc) is 3.25. The third-order valence-corrected chi connectivity index (χ3v) is 6.02. The molecular weight excluding hydrogens is 404 g/mol. The van der Waals surface area contributed by atoms with Crippen molar-refractivity contribution in [3.8, 4) is 5.75 Å². The summed E-state index contributed by atoms with van der Waals surface area (Å²) in [4.78, 5) is 14.4. The van der Waals surface area contributed by atoms with Gasteiger partial charge in [0.1, 0.15) is 11.9 Å². The molecule has 0 unspecified atom stereocenters. The van der Waals surface area contributed by atoms with Crippen molar-refractivity contribution >= 4 is 17.5 Å². The van der Waals surface area contributed by atoms with Gasteiger partial charge in [-0.1, -0.05) is 17.7 Å². The number of benzene rings is 1. The number of nitrogens with zero attached hydrogens (tertiary/aromatic N) is 3. The van der Waals surface area contributed by atoms with E-state index in [1.807, 2.05) is 0 Å². The Bertz CT molecular complexity index is 907. The quantitative estimate of drug-likeness (QED) is 0.813. The lowest BCUT2D eigenvalue weighted by molar-refractivity contribution is -0.0231. The fourth-order valence-corrected chi connectivity index (χ4v) is 4.53. The fraction of sp³-hybridized carbons (Fsp3) is 0.500. The molecule has 2 fully saturated rings. The first-order valence-corrected chi connectivity index (χ1v) is 9.93. The third-order valence-electron chi connectivity index (χ3n) is 5.78. The van der Waals surface area contributed by atoms with E-state index in [1.165, 1.54) is 13.0 Å². The van der Waals surface area contributed by atoms with Gasteiger partial charge in [-0.15, -0.1) is 0 Å². The van der Waals surface area contributed by atoms with Crippen molar-refractivity contribution in [2.45, 2.75) is 38.5 Å². The Morgan fingerprint density at radius 3 is 2.66 bits per heavy atom. The molecule has 2 heterocycles. The minimum absolute atomic E-state index is 0.0220. The van der Waals surface area contributed by atoms with Crippen LogP contribution in [0.25, 0.3) is 0 Å². The molecule has 1 saturated heterocycles. The van der Waals surface area contributed by atoms with E-state index in [0.29, 0.717) is 41.4 Å². The van der Waals surface area contributed by atoms with Gasteiger partial charge in [0.15, 0.2) is 5.69 Å².